The molecule has 0 saturated heterocycles. The summed E-state index contributed by atoms with van der Waals surface area (Å²) in [6.07, 6.45) is 0. The van der Waals surface area contributed by atoms with Gasteiger partial charge in [-0.05, 0) is 11.5 Å². The first-order chi connectivity index (χ1) is 7.81. The molecule has 2 aromatic rings. The topological polar surface area (TPSA) is 35.5 Å². The molecule has 0 aliphatic heterocycles. The monoisotopic (exact) mass is 252 g/mol. The molecule has 0 unspecified atom stereocenters. The highest BCUT2D eigenvalue weighted by molar-refractivity contribution is 5.90. The van der Waals surface area contributed by atoms with Crippen LogP contribution in [-0.2, 0) is 9.53 Å². The summed E-state index contributed by atoms with van der Waals surface area (Å²) in [5.41, 5.74) is 0. The Morgan fingerprint density at radius 1 is 1.12 bits per heavy atom. The third kappa shape index (κ3) is 3.19. The van der Waals surface area contributed by atoms with Crippen molar-refractivity contribution >= 4 is 29.1 Å². The summed E-state index contributed by atoms with van der Waals surface area (Å²) in [6, 6.07) is 13.4. The Balaban J connectivity index is 0.00000144. The number of carbonyl (C=O) groups excluding carboxylic acids is 1. The van der Waals surface area contributed by atoms with Gasteiger partial charge in [0, 0.05) is 12.5 Å². The molecular formula is C13H13ClO3. The molecule has 0 saturated carbocycles. The second-order valence-corrected chi connectivity index (χ2v) is 3.38. The lowest BCUT2D eigenvalue weighted by molar-refractivity contribution is -0.138. The Kier molecular flexibility index (Phi) is 4.94. The second-order valence-electron chi connectivity index (χ2n) is 3.38. The smallest absolute Gasteiger partial charge is 0.337 e. The Morgan fingerprint density at radius 3 is 2.59 bits per heavy atom. The van der Waals surface area contributed by atoms with Crippen molar-refractivity contribution < 1.29 is 14.3 Å². The Morgan fingerprint density at radius 2 is 1.82 bits per heavy atom. The van der Waals surface area contributed by atoms with Crippen LogP contribution in [0.3, 0.4) is 0 Å². The Bertz CT molecular complexity index is 505. The molecule has 3 nitrogen and oxygen atoms in total. The molecule has 2 rings (SSSR count). The lowest BCUT2D eigenvalue weighted by Crippen LogP contribution is -2.14. The summed E-state index contributed by atoms with van der Waals surface area (Å²) >= 11 is 0. The van der Waals surface area contributed by atoms with Crippen molar-refractivity contribution in [2.75, 3.05) is 13.7 Å². The number of methoxy groups -OCH3 is 1. The molecule has 0 bridgehead atoms. The van der Waals surface area contributed by atoms with Gasteiger partial charge >= 0.3 is 5.97 Å². The second kappa shape index (κ2) is 6.23. The molecule has 2 aromatic carbocycles. The minimum Gasteiger partial charge on any atom is -0.424 e. The summed E-state index contributed by atoms with van der Waals surface area (Å²) in [7, 11) is 1.46. The fourth-order valence-electron chi connectivity index (χ4n) is 1.55. The van der Waals surface area contributed by atoms with E-state index in [1.807, 2.05) is 36.4 Å². The van der Waals surface area contributed by atoms with Crippen LogP contribution in [0.5, 0.6) is 5.75 Å². The summed E-state index contributed by atoms with van der Waals surface area (Å²) in [5, 5.41) is 1.97. The highest BCUT2D eigenvalue weighted by Crippen LogP contribution is 2.25. The van der Waals surface area contributed by atoms with Crippen LogP contribution >= 0.6 is 12.4 Å². The molecule has 17 heavy (non-hydrogen) atoms. The Labute approximate surface area is 106 Å². The van der Waals surface area contributed by atoms with Crippen molar-refractivity contribution in [3.05, 3.63) is 42.5 Å². The van der Waals surface area contributed by atoms with Gasteiger partial charge in [-0.15, -0.1) is 12.4 Å². The molecule has 0 heterocycles. The van der Waals surface area contributed by atoms with E-state index in [0.29, 0.717) is 5.75 Å². The maximum absolute atomic E-state index is 11.3. The SMILES string of the molecule is COCC(=O)Oc1cccc2ccccc12.Cl. The molecule has 0 radical (unpaired) electrons. The van der Waals surface area contributed by atoms with Gasteiger partial charge in [-0.2, -0.15) is 0 Å². The van der Waals surface area contributed by atoms with E-state index in [4.69, 9.17) is 9.47 Å². The number of fused-ring (bicyclic) bond motifs is 1. The van der Waals surface area contributed by atoms with Gasteiger partial charge in [0.2, 0.25) is 0 Å². The van der Waals surface area contributed by atoms with E-state index in [1.54, 1.807) is 6.07 Å². The van der Waals surface area contributed by atoms with E-state index in [0.717, 1.165) is 10.8 Å². The molecule has 0 aliphatic carbocycles. The summed E-state index contributed by atoms with van der Waals surface area (Å²) in [5.74, 6) is 0.180. The van der Waals surface area contributed by atoms with Gasteiger partial charge < -0.3 is 9.47 Å². The van der Waals surface area contributed by atoms with E-state index in [2.05, 4.69) is 0 Å². The predicted octanol–water partition coefficient (Wildman–Crippen LogP) is 2.81. The maximum atomic E-state index is 11.3. The Hall–Kier alpha value is -1.58. The van der Waals surface area contributed by atoms with Crippen molar-refractivity contribution in [1.82, 2.24) is 0 Å². The van der Waals surface area contributed by atoms with Gasteiger partial charge in [0.25, 0.3) is 0 Å². The lowest BCUT2D eigenvalue weighted by Gasteiger charge is -2.06. The number of carbonyl (C=O) groups is 1. The minimum atomic E-state index is -0.390. The number of benzene rings is 2. The van der Waals surface area contributed by atoms with E-state index in [-0.39, 0.29) is 25.0 Å². The van der Waals surface area contributed by atoms with Crippen molar-refractivity contribution in [3.63, 3.8) is 0 Å². The molecule has 0 fully saturated rings. The zero-order chi connectivity index (χ0) is 11.4. The van der Waals surface area contributed by atoms with Gasteiger partial charge in [-0.25, -0.2) is 4.79 Å². The van der Waals surface area contributed by atoms with Crippen molar-refractivity contribution in [2.45, 2.75) is 0 Å². The van der Waals surface area contributed by atoms with Crippen LogP contribution < -0.4 is 4.74 Å². The molecule has 0 spiro atoms. The van der Waals surface area contributed by atoms with E-state index < -0.39 is 0 Å². The maximum Gasteiger partial charge on any atom is 0.337 e. The molecule has 0 atom stereocenters. The fourth-order valence-corrected chi connectivity index (χ4v) is 1.55. The van der Waals surface area contributed by atoms with Crippen LogP contribution in [0, 0.1) is 0 Å². The van der Waals surface area contributed by atoms with Crippen molar-refractivity contribution in [3.8, 4) is 5.75 Å². The van der Waals surface area contributed by atoms with Crippen LogP contribution in [0.4, 0.5) is 0 Å². The van der Waals surface area contributed by atoms with Gasteiger partial charge in [-0.1, -0.05) is 36.4 Å². The predicted molar refractivity (Wildman–Crippen MR) is 68.7 cm³/mol. The third-order valence-electron chi connectivity index (χ3n) is 2.24. The summed E-state index contributed by atoms with van der Waals surface area (Å²) in [6.45, 7) is -0.0385. The average Bonchev–Trinajstić information content (AvgIpc) is 2.30. The van der Waals surface area contributed by atoms with Gasteiger partial charge in [0.15, 0.2) is 0 Å². The van der Waals surface area contributed by atoms with Gasteiger partial charge in [0.1, 0.15) is 12.4 Å². The first-order valence-corrected chi connectivity index (χ1v) is 4.98. The largest absolute Gasteiger partial charge is 0.424 e. The zero-order valence-electron chi connectivity index (χ0n) is 9.38. The van der Waals surface area contributed by atoms with Crippen molar-refractivity contribution in [1.29, 1.82) is 0 Å². The zero-order valence-corrected chi connectivity index (χ0v) is 10.2. The number of esters is 1. The highest BCUT2D eigenvalue weighted by atomic mass is 35.5. The normalized spacial score (nSPS) is 9.71. The highest BCUT2D eigenvalue weighted by Gasteiger charge is 2.06. The van der Waals surface area contributed by atoms with E-state index in [9.17, 15) is 4.79 Å². The summed E-state index contributed by atoms with van der Waals surface area (Å²) < 4.78 is 9.92. The lowest BCUT2D eigenvalue weighted by atomic mass is 10.1. The first-order valence-electron chi connectivity index (χ1n) is 4.98. The van der Waals surface area contributed by atoms with E-state index >= 15 is 0 Å². The van der Waals surface area contributed by atoms with Gasteiger partial charge in [0.05, 0.1) is 0 Å². The quantitative estimate of drug-likeness (QED) is 0.622. The average molecular weight is 253 g/mol. The third-order valence-corrected chi connectivity index (χ3v) is 2.24. The van der Waals surface area contributed by atoms with Crippen LogP contribution in [0.2, 0.25) is 0 Å². The standard InChI is InChI=1S/C13H12O3.ClH/c1-15-9-13(14)16-12-8-4-6-10-5-2-3-7-11(10)12;/h2-8H,9H2,1H3;1H. The molecule has 0 N–H and O–H groups in total. The van der Waals surface area contributed by atoms with Crippen molar-refractivity contribution in [2.24, 2.45) is 0 Å². The molecular weight excluding hydrogens is 240 g/mol. The molecule has 0 aliphatic rings. The van der Waals surface area contributed by atoms with Crippen LogP contribution in [0.1, 0.15) is 0 Å². The first kappa shape index (κ1) is 13.5. The minimum absolute atomic E-state index is 0. The fraction of sp³-hybridized carbons (Fsp3) is 0.154. The van der Waals surface area contributed by atoms with Crippen LogP contribution in [0.25, 0.3) is 10.8 Å². The van der Waals surface area contributed by atoms with Crippen LogP contribution in [-0.4, -0.2) is 19.7 Å². The van der Waals surface area contributed by atoms with Crippen LogP contribution in [0.15, 0.2) is 42.5 Å². The van der Waals surface area contributed by atoms with E-state index in [1.165, 1.54) is 7.11 Å². The molecule has 4 heteroatoms. The number of halogens is 1. The number of hydrogen-bond donors (Lipinski definition) is 0. The number of hydrogen-bond acceptors (Lipinski definition) is 3. The van der Waals surface area contributed by atoms with Gasteiger partial charge in [-0.3, -0.25) is 0 Å². The summed E-state index contributed by atoms with van der Waals surface area (Å²) in [4.78, 5) is 11.3. The number of rotatable bonds is 3. The number of ether oxygens (including phenoxy) is 2. The molecule has 90 valence electrons. The molecule has 0 aromatic heterocycles. The molecule has 0 amide bonds.